The minimum Gasteiger partial charge on any atom is -0.465 e. The SMILES string of the molecule is CCCCNC(=O)n1c(CCOCCNC(=O)O)nc2ccccc21. The highest BCUT2D eigenvalue weighted by atomic mass is 16.5. The highest BCUT2D eigenvalue weighted by Crippen LogP contribution is 2.16. The number of benzene rings is 1. The molecule has 25 heavy (non-hydrogen) atoms. The molecule has 2 rings (SSSR count). The molecule has 0 spiro atoms. The van der Waals surface area contributed by atoms with E-state index < -0.39 is 6.09 Å². The number of ether oxygens (including phenoxy) is 1. The molecule has 0 aliphatic heterocycles. The fourth-order valence-corrected chi connectivity index (χ4v) is 2.42. The van der Waals surface area contributed by atoms with Gasteiger partial charge in [0.05, 0.1) is 24.2 Å². The van der Waals surface area contributed by atoms with Gasteiger partial charge in [-0.3, -0.25) is 0 Å². The Morgan fingerprint density at radius 3 is 2.76 bits per heavy atom. The zero-order valence-corrected chi connectivity index (χ0v) is 14.3. The molecule has 1 aromatic heterocycles. The Hall–Kier alpha value is -2.61. The maximum absolute atomic E-state index is 12.5. The van der Waals surface area contributed by atoms with Crippen LogP contribution >= 0.6 is 0 Å². The second kappa shape index (κ2) is 9.63. The normalized spacial score (nSPS) is 10.8. The van der Waals surface area contributed by atoms with Crippen molar-refractivity contribution in [3.05, 3.63) is 30.1 Å². The first-order valence-electron chi connectivity index (χ1n) is 8.42. The summed E-state index contributed by atoms with van der Waals surface area (Å²) in [5, 5.41) is 13.6. The van der Waals surface area contributed by atoms with Crippen LogP contribution in [0.5, 0.6) is 0 Å². The van der Waals surface area contributed by atoms with Crippen LogP contribution in [0.4, 0.5) is 9.59 Å². The van der Waals surface area contributed by atoms with Crippen LogP contribution in [-0.2, 0) is 11.2 Å². The lowest BCUT2D eigenvalue weighted by atomic mass is 10.3. The first-order chi connectivity index (χ1) is 12.1. The summed E-state index contributed by atoms with van der Waals surface area (Å²) in [6.07, 6.45) is 1.32. The van der Waals surface area contributed by atoms with Crippen molar-refractivity contribution in [1.82, 2.24) is 20.2 Å². The lowest BCUT2D eigenvalue weighted by molar-refractivity contribution is 0.133. The van der Waals surface area contributed by atoms with E-state index in [1.54, 1.807) is 4.57 Å². The summed E-state index contributed by atoms with van der Waals surface area (Å²) >= 11 is 0. The van der Waals surface area contributed by atoms with Crippen molar-refractivity contribution in [2.45, 2.75) is 26.2 Å². The van der Waals surface area contributed by atoms with Crippen molar-refractivity contribution >= 4 is 23.2 Å². The smallest absolute Gasteiger partial charge is 0.404 e. The Morgan fingerprint density at radius 2 is 2.00 bits per heavy atom. The second-order valence-electron chi connectivity index (χ2n) is 5.53. The first kappa shape index (κ1) is 18.7. The third kappa shape index (κ3) is 5.46. The number of rotatable bonds is 9. The van der Waals surface area contributed by atoms with Crippen LogP contribution < -0.4 is 10.6 Å². The van der Waals surface area contributed by atoms with Gasteiger partial charge in [0.2, 0.25) is 0 Å². The zero-order chi connectivity index (χ0) is 18.1. The Bertz CT molecular complexity index is 714. The quantitative estimate of drug-likeness (QED) is 0.603. The Balaban J connectivity index is 2.01. The van der Waals surface area contributed by atoms with Gasteiger partial charge in [0.25, 0.3) is 0 Å². The summed E-state index contributed by atoms with van der Waals surface area (Å²) in [4.78, 5) is 27.4. The maximum atomic E-state index is 12.5. The number of hydrogen-bond donors (Lipinski definition) is 3. The number of amides is 2. The molecule has 8 heteroatoms. The van der Waals surface area contributed by atoms with Gasteiger partial charge in [-0.2, -0.15) is 0 Å². The summed E-state index contributed by atoms with van der Waals surface area (Å²) in [5.74, 6) is 0.626. The Labute approximate surface area is 146 Å². The number of hydrogen-bond acceptors (Lipinski definition) is 4. The van der Waals surface area contributed by atoms with Crippen LogP contribution in [0, 0.1) is 0 Å². The number of nitrogens with zero attached hydrogens (tertiary/aromatic N) is 2. The van der Waals surface area contributed by atoms with Gasteiger partial charge in [0, 0.05) is 19.5 Å². The monoisotopic (exact) mass is 348 g/mol. The maximum Gasteiger partial charge on any atom is 0.404 e. The predicted molar refractivity (Wildman–Crippen MR) is 94.0 cm³/mol. The van der Waals surface area contributed by atoms with Gasteiger partial charge in [0.15, 0.2) is 0 Å². The minimum atomic E-state index is -1.07. The highest BCUT2D eigenvalue weighted by Gasteiger charge is 2.16. The number of carbonyl (C=O) groups excluding carboxylic acids is 1. The molecular formula is C17H24N4O4. The van der Waals surface area contributed by atoms with Gasteiger partial charge in [-0.05, 0) is 18.6 Å². The van der Waals surface area contributed by atoms with Gasteiger partial charge < -0.3 is 20.5 Å². The van der Waals surface area contributed by atoms with Crippen molar-refractivity contribution in [1.29, 1.82) is 0 Å². The van der Waals surface area contributed by atoms with Crippen molar-refractivity contribution in [2.24, 2.45) is 0 Å². The van der Waals surface area contributed by atoms with E-state index in [1.165, 1.54) is 0 Å². The molecule has 0 fully saturated rings. The average Bonchev–Trinajstić information content (AvgIpc) is 2.96. The average molecular weight is 348 g/mol. The topological polar surface area (TPSA) is 105 Å². The number of carbonyl (C=O) groups is 2. The van der Waals surface area contributed by atoms with E-state index in [-0.39, 0.29) is 19.2 Å². The summed E-state index contributed by atoms with van der Waals surface area (Å²) in [6, 6.07) is 7.30. The van der Waals surface area contributed by atoms with Crippen molar-refractivity contribution in [2.75, 3.05) is 26.3 Å². The van der Waals surface area contributed by atoms with Crippen LogP contribution in [-0.4, -0.2) is 53.1 Å². The Kier molecular flexibility index (Phi) is 7.21. The number of imidazole rings is 1. The van der Waals surface area contributed by atoms with E-state index in [9.17, 15) is 9.59 Å². The highest BCUT2D eigenvalue weighted by molar-refractivity contribution is 5.90. The molecule has 3 N–H and O–H groups in total. The number of nitrogens with one attached hydrogen (secondary N) is 2. The number of aromatic nitrogens is 2. The third-order valence-electron chi connectivity index (χ3n) is 3.63. The van der Waals surface area contributed by atoms with Gasteiger partial charge in [0.1, 0.15) is 5.82 Å². The lowest BCUT2D eigenvalue weighted by Gasteiger charge is -2.10. The largest absolute Gasteiger partial charge is 0.465 e. The molecule has 0 aliphatic carbocycles. The number of unbranched alkanes of at least 4 members (excludes halogenated alkanes) is 1. The van der Waals surface area contributed by atoms with E-state index in [0.717, 1.165) is 23.9 Å². The molecule has 0 aliphatic rings. The lowest BCUT2D eigenvalue weighted by Crippen LogP contribution is -2.31. The predicted octanol–water partition coefficient (Wildman–Crippen LogP) is 2.22. The third-order valence-corrected chi connectivity index (χ3v) is 3.63. The first-order valence-corrected chi connectivity index (χ1v) is 8.42. The summed E-state index contributed by atoms with van der Waals surface area (Å²) in [5.41, 5.74) is 1.52. The second-order valence-corrected chi connectivity index (χ2v) is 5.53. The van der Waals surface area contributed by atoms with Crippen LogP contribution in [0.2, 0.25) is 0 Å². The molecule has 0 radical (unpaired) electrons. The van der Waals surface area contributed by atoms with E-state index in [4.69, 9.17) is 9.84 Å². The molecule has 0 bridgehead atoms. The van der Waals surface area contributed by atoms with E-state index >= 15 is 0 Å². The summed E-state index contributed by atoms with van der Waals surface area (Å²) in [6.45, 7) is 3.55. The fraction of sp³-hybridized carbons (Fsp3) is 0.471. The van der Waals surface area contributed by atoms with Crippen LogP contribution in [0.1, 0.15) is 25.6 Å². The van der Waals surface area contributed by atoms with Gasteiger partial charge >= 0.3 is 12.1 Å². The molecule has 2 amide bonds. The molecular weight excluding hydrogens is 324 g/mol. The van der Waals surface area contributed by atoms with Crippen LogP contribution in [0.15, 0.2) is 24.3 Å². The number of para-hydroxylation sites is 2. The molecule has 0 saturated carbocycles. The van der Waals surface area contributed by atoms with Crippen LogP contribution in [0.3, 0.4) is 0 Å². The van der Waals surface area contributed by atoms with E-state index in [0.29, 0.717) is 25.4 Å². The van der Waals surface area contributed by atoms with Crippen molar-refractivity contribution < 1.29 is 19.4 Å². The number of carboxylic acid groups (broad SMARTS) is 1. The Morgan fingerprint density at radius 1 is 1.20 bits per heavy atom. The molecule has 8 nitrogen and oxygen atoms in total. The van der Waals surface area contributed by atoms with Gasteiger partial charge in [-0.25, -0.2) is 19.1 Å². The van der Waals surface area contributed by atoms with E-state index in [2.05, 4.69) is 22.5 Å². The molecule has 136 valence electrons. The molecule has 1 aromatic carbocycles. The van der Waals surface area contributed by atoms with Crippen molar-refractivity contribution in [3.8, 4) is 0 Å². The minimum absolute atomic E-state index is 0.190. The molecule has 0 atom stereocenters. The fourth-order valence-electron chi connectivity index (χ4n) is 2.42. The summed E-state index contributed by atoms with van der Waals surface area (Å²) < 4.78 is 6.99. The molecule has 0 saturated heterocycles. The van der Waals surface area contributed by atoms with Gasteiger partial charge in [-0.15, -0.1) is 0 Å². The molecule has 0 unspecified atom stereocenters. The molecule has 1 heterocycles. The number of fused-ring (bicyclic) bond motifs is 1. The standard InChI is InChI=1S/C17H24N4O4/c1-2-3-9-18-16(22)21-14-7-5-4-6-13(14)20-15(21)8-11-25-12-10-19-17(23)24/h4-7,19H,2-3,8-12H2,1H3,(H,18,22)(H,23,24). The van der Waals surface area contributed by atoms with E-state index in [1.807, 2.05) is 24.3 Å². The van der Waals surface area contributed by atoms with Crippen molar-refractivity contribution in [3.63, 3.8) is 0 Å². The van der Waals surface area contributed by atoms with Gasteiger partial charge in [-0.1, -0.05) is 25.5 Å². The zero-order valence-electron chi connectivity index (χ0n) is 14.3. The summed E-state index contributed by atoms with van der Waals surface area (Å²) in [7, 11) is 0. The van der Waals surface area contributed by atoms with Crippen LogP contribution in [0.25, 0.3) is 11.0 Å². The molecule has 2 aromatic rings.